The summed E-state index contributed by atoms with van der Waals surface area (Å²) in [4.78, 5) is 13.4. The van der Waals surface area contributed by atoms with E-state index in [1.165, 1.54) is 4.90 Å². The summed E-state index contributed by atoms with van der Waals surface area (Å²) >= 11 is 0. The summed E-state index contributed by atoms with van der Waals surface area (Å²) in [7, 11) is -4.75. The molecular weight excluding hydrogens is 333 g/mol. The molecule has 1 aliphatic rings. The molecule has 2 aromatic rings. The molecule has 0 bridgehead atoms. The molecule has 2 aromatic carbocycles. The molecule has 3 rings (SSSR count). The maximum absolute atomic E-state index is 13.2. The van der Waals surface area contributed by atoms with Gasteiger partial charge in [-0.2, -0.15) is 8.42 Å². The summed E-state index contributed by atoms with van der Waals surface area (Å²) in [6.45, 7) is 0.105. The lowest BCUT2D eigenvalue weighted by molar-refractivity contribution is -0.117. The van der Waals surface area contributed by atoms with E-state index in [0.717, 1.165) is 5.56 Å². The van der Waals surface area contributed by atoms with Crippen molar-refractivity contribution in [3.63, 3.8) is 0 Å². The van der Waals surface area contributed by atoms with Crippen LogP contribution in [0.5, 0.6) is 5.75 Å². The quantitative estimate of drug-likeness (QED) is 0.779. The van der Waals surface area contributed by atoms with Crippen LogP contribution in [-0.4, -0.2) is 26.1 Å². The minimum atomic E-state index is -4.75. The SMILES string of the molecule is O=C1CC(S(=O)(=O)F)CN1c1ccccc1OCc1ccccc1. The van der Waals surface area contributed by atoms with Gasteiger partial charge < -0.3 is 9.64 Å². The highest BCUT2D eigenvalue weighted by atomic mass is 32.3. The monoisotopic (exact) mass is 349 g/mol. The molecule has 1 atom stereocenters. The molecule has 5 nitrogen and oxygen atoms in total. The van der Waals surface area contributed by atoms with Gasteiger partial charge in [-0.1, -0.05) is 42.5 Å². The van der Waals surface area contributed by atoms with Crippen molar-refractivity contribution in [3.8, 4) is 5.75 Å². The van der Waals surface area contributed by atoms with Crippen molar-refractivity contribution >= 4 is 21.8 Å². The summed E-state index contributed by atoms with van der Waals surface area (Å²) in [5, 5.41) is -1.33. The summed E-state index contributed by atoms with van der Waals surface area (Å²) in [5.41, 5.74) is 1.41. The van der Waals surface area contributed by atoms with Crippen LogP contribution in [0.1, 0.15) is 12.0 Å². The highest BCUT2D eigenvalue weighted by molar-refractivity contribution is 7.87. The topological polar surface area (TPSA) is 63.7 Å². The standard InChI is InChI=1S/C17H16FNO4S/c18-24(21,22)14-10-17(20)19(11-14)15-8-4-5-9-16(15)23-12-13-6-2-1-3-7-13/h1-9,14H,10-12H2. The highest BCUT2D eigenvalue weighted by Crippen LogP contribution is 2.33. The number of para-hydroxylation sites is 2. The highest BCUT2D eigenvalue weighted by Gasteiger charge is 2.39. The van der Waals surface area contributed by atoms with Gasteiger partial charge in [-0.3, -0.25) is 4.79 Å². The van der Waals surface area contributed by atoms with Gasteiger partial charge in [0, 0.05) is 13.0 Å². The number of ether oxygens (including phenoxy) is 1. The molecule has 0 aliphatic carbocycles. The lowest BCUT2D eigenvalue weighted by atomic mass is 10.2. The van der Waals surface area contributed by atoms with E-state index in [9.17, 15) is 17.1 Å². The second-order valence-electron chi connectivity index (χ2n) is 5.55. The van der Waals surface area contributed by atoms with Crippen molar-refractivity contribution in [3.05, 3.63) is 60.2 Å². The number of anilines is 1. The Morgan fingerprint density at radius 2 is 1.75 bits per heavy atom. The number of hydrogen-bond acceptors (Lipinski definition) is 4. The lowest BCUT2D eigenvalue weighted by Crippen LogP contribution is -2.27. The van der Waals surface area contributed by atoms with Gasteiger partial charge in [-0.25, -0.2) is 0 Å². The third kappa shape index (κ3) is 3.56. The van der Waals surface area contributed by atoms with Crippen LogP contribution in [0.25, 0.3) is 0 Å². The Balaban J connectivity index is 1.80. The number of amides is 1. The van der Waals surface area contributed by atoms with Gasteiger partial charge >= 0.3 is 10.2 Å². The van der Waals surface area contributed by atoms with Crippen LogP contribution in [0.4, 0.5) is 9.57 Å². The summed E-state index contributed by atoms with van der Waals surface area (Å²) in [6.07, 6.45) is -0.355. The molecule has 0 radical (unpaired) electrons. The molecule has 1 aliphatic heterocycles. The number of benzene rings is 2. The van der Waals surface area contributed by atoms with E-state index in [-0.39, 0.29) is 13.0 Å². The van der Waals surface area contributed by atoms with Crippen LogP contribution < -0.4 is 9.64 Å². The van der Waals surface area contributed by atoms with Crippen molar-refractivity contribution in [2.75, 3.05) is 11.4 Å². The van der Waals surface area contributed by atoms with Gasteiger partial charge in [0.1, 0.15) is 17.6 Å². The van der Waals surface area contributed by atoms with Crippen LogP contribution in [0, 0.1) is 0 Å². The van der Waals surface area contributed by atoms with Crippen LogP contribution >= 0.6 is 0 Å². The van der Waals surface area contributed by atoms with E-state index < -0.39 is 21.4 Å². The minimum absolute atomic E-state index is 0.205. The maximum Gasteiger partial charge on any atom is 0.307 e. The Hall–Kier alpha value is -2.41. The van der Waals surface area contributed by atoms with E-state index in [4.69, 9.17) is 4.74 Å². The second-order valence-corrected chi connectivity index (χ2v) is 7.17. The van der Waals surface area contributed by atoms with Crippen molar-refractivity contribution in [1.82, 2.24) is 0 Å². The molecule has 1 amide bonds. The molecule has 0 N–H and O–H groups in total. The number of nitrogens with zero attached hydrogens (tertiary/aromatic N) is 1. The fourth-order valence-corrected chi connectivity index (χ4v) is 3.30. The smallest absolute Gasteiger partial charge is 0.307 e. The van der Waals surface area contributed by atoms with Crippen LogP contribution in [0.2, 0.25) is 0 Å². The Morgan fingerprint density at radius 3 is 2.42 bits per heavy atom. The van der Waals surface area contributed by atoms with Gasteiger partial charge in [0.05, 0.1) is 5.69 Å². The Kier molecular flexibility index (Phi) is 4.53. The fraction of sp³-hybridized carbons (Fsp3) is 0.235. The molecular formula is C17H16FNO4S. The molecule has 24 heavy (non-hydrogen) atoms. The number of rotatable bonds is 5. The predicted molar refractivity (Wildman–Crippen MR) is 88.0 cm³/mol. The first-order valence-corrected chi connectivity index (χ1v) is 8.89. The predicted octanol–water partition coefficient (Wildman–Crippen LogP) is 2.67. The van der Waals surface area contributed by atoms with Crippen molar-refractivity contribution in [2.45, 2.75) is 18.3 Å². The minimum Gasteiger partial charge on any atom is -0.487 e. The summed E-state index contributed by atoms with van der Waals surface area (Å²) in [6, 6.07) is 16.3. The molecule has 0 spiro atoms. The van der Waals surface area contributed by atoms with E-state index in [0.29, 0.717) is 18.0 Å². The summed E-state index contributed by atoms with van der Waals surface area (Å²) in [5.74, 6) is 0.0172. The molecule has 1 fully saturated rings. The third-order valence-electron chi connectivity index (χ3n) is 3.88. The molecule has 1 heterocycles. The molecule has 7 heteroatoms. The number of carbonyl (C=O) groups is 1. The Bertz CT molecular complexity index is 839. The first-order valence-electron chi connectivity index (χ1n) is 7.45. The zero-order valence-corrected chi connectivity index (χ0v) is 13.6. The van der Waals surface area contributed by atoms with Gasteiger partial charge in [-0.05, 0) is 17.7 Å². The zero-order valence-electron chi connectivity index (χ0n) is 12.8. The Labute approximate surface area is 139 Å². The number of halogens is 1. The average Bonchev–Trinajstić information content (AvgIpc) is 2.96. The number of carbonyl (C=O) groups excluding carboxylic acids is 1. The largest absolute Gasteiger partial charge is 0.487 e. The van der Waals surface area contributed by atoms with Gasteiger partial charge in [0.15, 0.2) is 0 Å². The average molecular weight is 349 g/mol. The normalized spacial score (nSPS) is 18.0. The summed E-state index contributed by atoms with van der Waals surface area (Å²) < 4.78 is 41.1. The Morgan fingerprint density at radius 1 is 1.08 bits per heavy atom. The third-order valence-corrected chi connectivity index (χ3v) is 4.99. The molecule has 0 saturated carbocycles. The van der Waals surface area contributed by atoms with Crippen molar-refractivity contribution in [1.29, 1.82) is 0 Å². The maximum atomic E-state index is 13.2. The van der Waals surface area contributed by atoms with Gasteiger partial charge in [0.2, 0.25) is 5.91 Å². The van der Waals surface area contributed by atoms with E-state index >= 15 is 0 Å². The van der Waals surface area contributed by atoms with E-state index in [1.807, 2.05) is 30.3 Å². The first kappa shape index (κ1) is 16.4. The lowest BCUT2D eigenvalue weighted by Gasteiger charge is -2.20. The van der Waals surface area contributed by atoms with E-state index in [2.05, 4.69) is 0 Å². The number of hydrogen-bond donors (Lipinski definition) is 0. The molecule has 0 aromatic heterocycles. The van der Waals surface area contributed by atoms with Crippen molar-refractivity contribution < 1.29 is 21.8 Å². The molecule has 1 saturated heterocycles. The fourth-order valence-electron chi connectivity index (χ4n) is 2.63. The van der Waals surface area contributed by atoms with Gasteiger partial charge in [0.25, 0.3) is 0 Å². The van der Waals surface area contributed by atoms with E-state index in [1.54, 1.807) is 24.3 Å². The first-order chi connectivity index (χ1) is 11.4. The second kappa shape index (κ2) is 6.60. The van der Waals surface area contributed by atoms with Crippen LogP contribution in [0.3, 0.4) is 0 Å². The molecule has 1 unspecified atom stereocenters. The van der Waals surface area contributed by atoms with Crippen LogP contribution in [0.15, 0.2) is 54.6 Å². The van der Waals surface area contributed by atoms with Crippen molar-refractivity contribution in [2.24, 2.45) is 0 Å². The van der Waals surface area contributed by atoms with Crippen LogP contribution in [-0.2, 0) is 21.6 Å². The zero-order chi connectivity index (χ0) is 17.2. The van der Waals surface area contributed by atoms with Gasteiger partial charge in [-0.15, -0.1) is 3.89 Å². The molecule has 126 valence electrons.